The molecule has 0 aromatic heterocycles. The predicted octanol–water partition coefficient (Wildman–Crippen LogP) is 5.50. The second-order valence-electron chi connectivity index (χ2n) is 8.15. The lowest BCUT2D eigenvalue weighted by Crippen LogP contribution is -2.51. The summed E-state index contributed by atoms with van der Waals surface area (Å²) in [5.74, 6) is -0.915. The van der Waals surface area contributed by atoms with Crippen molar-refractivity contribution in [1.29, 1.82) is 0 Å². The molecule has 7 nitrogen and oxygen atoms in total. The average molecular weight is 627 g/mol. The van der Waals surface area contributed by atoms with Gasteiger partial charge >= 0.3 is 0 Å². The minimum Gasteiger partial charge on any atom is -0.355 e. The molecule has 0 saturated heterocycles. The van der Waals surface area contributed by atoms with Crippen LogP contribution in [0.2, 0.25) is 10.0 Å². The second-order valence-corrected chi connectivity index (χ2v) is 11.7. The van der Waals surface area contributed by atoms with E-state index in [4.69, 9.17) is 23.2 Å². The van der Waals surface area contributed by atoms with Gasteiger partial charge in [0.25, 0.3) is 10.0 Å². The van der Waals surface area contributed by atoms with Crippen LogP contribution in [0, 0.1) is 0 Å². The molecular weight excluding hydrogens is 601 g/mol. The normalized spacial score (nSPS) is 12.0. The van der Waals surface area contributed by atoms with E-state index < -0.39 is 28.5 Å². The number of carbonyl (C=O) groups excluding carboxylic acids is 2. The maximum Gasteiger partial charge on any atom is 0.264 e. The molecule has 3 aromatic rings. The van der Waals surface area contributed by atoms with Gasteiger partial charge in [-0.25, -0.2) is 8.42 Å². The highest BCUT2D eigenvalue weighted by Crippen LogP contribution is 2.31. The third-order valence-corrected chi connectivity index (χ3v) is 8.58. The summed E-state index contributed by atoms with van der Waals surface area (Å²) in [4.78, 5) is 27.9. The summed E-state index contributed by atoms with van der Waals surface area (Å²) in [5, 5.41) is 3.11. The van der Waals surface area contributed by atoms with Crippen molar-refractivity contribution >= 4 is 66.7 Å². The number of nitrogens with zero attached hydrogens (tertiary/aromatic N) is 2. The monoisotopic (exact) mass is 625 g/mol. The van der Waals surface area contributed by atoms with E-state index in [9.17, 15) is 18.0 Å². The highest BCUT2D eigenvalue weighted by Gasteiger charge is 2.32. The molecular formula is C26H26BrCl2N3O4S. The van der Waals surface area contributed by atoms with Crippen molar-refractivity contribution in [3.8, 4) is 0 Å². The fourth-order valence-electron chi connectivity index (χ4n) is 3.63. The van der Waals surface area contributed by atoms with E-state index in [0.717, 1.165) is 14.3 Å². The molecule has 1 unspecified atom stereocenters. The lowest BCUT2D eigenvalue weighted by molar-refractivity contribution is -0.139. The molecule has 0 fully saturated rings. The summed E-state index contributed by atoms with van der Waals surface area (Å²) < 4.78 is 29.2. The van der Waals surface area contributed by atoms with Gasteiger partial charge in [-0.05, 0) is 61.9 Å². The summed E-state index contributed by atoms with van der Waals surface area (Å²) in [6, 6.07) is 18.6. The van der Waals surface area contributed by atoms with E-state index in [0.29, 0.717) is 6.54 Å². The van der Waals surface area contributed by atoms with E-state index >= 15 is 0 Å². The molecule has 37 heavy (non-hydrogen) atoms. The molecule has 1 N–H and O–H groups in total. The number of rotatable bonds is 10. The number of hydrogen-bond acceptors (Lipinski definition) is 4. The molecule has 0 heterocycles. The number of sulfonamides is 1. The third kappa shape index (κ3) is 7.25. The molecule has 1 atom stereocenters. The Balaban J connectivity index is 2.04. The Morgan fingerprint density at radius 1 is 0.973 bits per heavy atom. The Morgan fingerprint density at radius 2 is 1.68 bits per heavy atom. The molecule has 0 bridgehead atoms. The van der Waals surface area contributed by atoms with Crippen LogP contribution < -0.4 is 9.62 Å². The van der Waals surface area contributed by atoms with Gasteiger partial charge in [0.15, 0.2) is 0 Å². The number of amides is 2. The van der Waals surface area contributed by atoms with E-state index in [1.54, 1.807) is 32.0 Å². The lowest BCUT2D eigenvalue weighted by atomic mass is 10.1. The van der Waals surface area contributed by atoms with Crippen LogP contribution in [0.25, 0.3) is 0 Å². The Labute approximate surface area is 235 Å². The summed E-state index contributed by atoms with van der Waals surface area (Å²) in [6.45, 7) is 3.31. The van der Waals surface area contributed by atoms with Crippen LogP contribution in [-0.4, -0.2) is 44.3 Å². The lowest BCUT2D eigenvalue weighted by Gasteiger charge is -2.32. The van der Waals surface area contributed by atoms with Gasteiger partial charge in [0, 0.05) is 17.6 Å². The summed E-state index contributed by atoms with van der Waals surface area (Å²) in [5.41, 5.74) is 0.936. The van der Waals surface area contributed by atoms with Crippen molar-refractivity contribution in [2.24, 2.45) is 0 Å². The van der Waals surface area contributed by atoms with Crippen LogP contribution in [0.5, 0.6) is 0 Å². The first-order valence-corrected chi connectivity index (χ1v) is 14.4. The van der Waals surface area contributed by atoms with Crippen molar-refractivity contribution in [2.75, 3.05) is 17.4 Å². The van der Waals surface area contributed by atoms with Crippen LogP contribution in [0.3, 0.4) is 0 Å². The summed E-state index contributed by atoms with van der Waals surface area (Å²) >= 11 is 15.7. The number of halogens is 3. The second kappa shape index (κ2) is 12.8. The molecule has 0 spiro atoms. The minimum absolute atomic E-state index is 0.00388. The Kier molecular flexibility index (Phi) is 10.0. The Bertz CT molecular complexity index is 1370. The molecule has 11 heteroatoms. The maximum absolute atomic E-state index is 13.8. The van der Waals surface area contributed by atoms with Crippen molar-refractivity contribution < 1.29 is 18.0 Å². The Morgan fingerprint density at radius 3 is 2.30 bits per heavy atom. The largest absolute Gasteiger partial charge is 0.355 e. The highest BCUT2D eigenvalue weighted by molar-refractivity contribution is 9.10. The fraction of sp³-hybridized carbons (Fsp3) is 0.231. The first-order valence-electron chi connectivity index (χ1n) is 11.4. The zero-order valence-electron chi connectivity index (χ0n) is 20.2. The van der Waals surface area contributed by atoms with Gasteiger partial charge in [0.2, 0.25) is 11.8 Å². The van der Waals surface area contributed by atoms with Gasteiger partial charge in [0.1, 0.15) is 12.6 Å². The molecule has 2 amide bonds. The van der Waals surface area contributed by atoms with E-state index in [1.165, 1.54) is 35.2 Å². The van der Waals surface area contributed by atoms with Gasteiger partial charge in [-0.1, -0.05) is 69.5 Å². The van der Waals surface area contributed by atoms with Gasteiger partial charge in [-0.3, -0.25) is 13.9 Å². The van der Waals surface area contributed by atoms with Crippen LogP contribution in [0.1, 0.15) is 19.4 Å². The summed E-state index contributed by atoms with van der Waals surface area (Å²) in [7, 11) is -4.17. The van der Waals surface area contributed by atoms with Crippen LogP contribution in [-0.2, 0) is 26.2 Å². The number of nitrogens with one attached hydrogen (secondary N) is 1. The highest BCUT2D eigenvalue weighted by atomic mass is 79.9. The first-order chi connectivity index (χ1) is 17.5. The molecule has 3 rings (SSSR count). The summed E-state index contributed by atoms with van der Waals surface area (Å²) in [6.07, 6.45) is 0. The minimum atomic E-state index is -4.17. The van der Waals surface area contributed by atoms with Crippen LogP contribution in [0.15, 0.2) is 82.2 Å². The first kappa shape index (κ1) is 29.0. The van der Waals surface area contributed by atoms with Crippen molar-refractivity contribution in [1.82, 2.24) is 10.2 Å². The zero-order chi connectivity index (χ0) is 27.2. The third-order valence-electron chi connectivity index (χ3n) is 5.56. The standard InChI is InChI=1S/C26H26BrCl2N3O4S/c1-3-30-26(34)18(2)31(16-19-8-7-9-20(27)14-19)25(33)17-32(21-12-13-23(28)24(29)15-21)37(35,36)22-10-5-4-6-11-22/h4-15,18H,3,16-17H2,1-2H3,(H,30,34). The Hall–Kier alpha value is -2.59. The molecule has 0 aliphatic heterocycles. The van der Waals surface area contributed by atoms with Crippen molar-refractivity contribution in [3.63, 3.8) is 0 Å². The van der Waals surface area contributed by atoms with Gasteiger partial charge in [-0.2, -0.15) is 0 Å². The van der Waals surface area contributed by atoms with Gasteiger partial charge in [-0.15, -0.1) is 0 Å². The SMILES string of the molecule is CCNC(=O)C(C)N(Cc1cccc(Br)c1)C(=O)CN(c1ccc(Cl)c(Cl)c1)S(=O)(=O)c1ccccc1. The number of likely N-dealkylation sites (N-methyl/N-ethyl adjacent to an activating group) is 1. The number of hydrogen-bond donors (Lipinski definition) is 1. The quantitative estimate of drug-likeness (QED) is 0.322. The number of anilines is 1. The van der Waals surface area contributed by atoms with Crippen LogP contribution >= 0.6 is 39.1 Å². The molecule has 0 aliphatic carbocycles. The van der Waals surface area contributed by atoms with Crippen molar-refractivity contribution in [3.05, 3.63) is 92.9 Å². The smallest absolute Gasteiger partial charge is 0.264 e. The zero-order valence-corrected chi connectivity index (χ0v) is 24.1. The molecule has 196 valence electrons. The van der Waals surface area contributed by atoms with Gasteiger partial charge in [0.05, 0.1) is 20.6 Å². The van der Waals surface area contributed by atoms with E-state index in [1.807, 2.05) is 24.3 Å². The molecule has 0 aliphatic rings. The number of benzene rings is 3. The van der Waals surface area contributed by atoms with Gasteiger partial charge < -0.3 is 10.2 Å². The molecule has 0 radical (unpaired) electrons. The predicted molar refractivity (Wildman–Crippen MR) is 150 cm³/mol. The van der Waals surface area contributed by atoms with E-state index in [-0.39, 0.29) is 33.1 Å². The fourth-order valence-corrected chi connectivity index (χ4v) is 5.79. The maximum atomic E-state index is 13.8. The van der Waals surface area contributed by atoms with Crippen molar-refractivity contribution in [2.45, 2.75) is 31.3 Å². The number of carbonyl (C=O) groups is 2. The topological polar surface area (TPSA) is 86.8 Å². The molecule has 0 saturated carbocycles. The molecule has 3 aromatic carbocycles. The average Bonchev–Trinajstić information content (AvgIpc) is 2.87. The van der Waals surface area contributed by atoms with Crippen LogP contribution in [0.4, 0.5) is 5.69 Å². The van der Waals surface area contributed by atoms with E-state index in [2.05, 4.69) is 21.2 Å².